The van der Waals surface area contributed by atoms with E-state index >= 15 is 0 Å². The second-order valence-electron chi connectivity index (χ2n) is 18.8. The normalized spacial score (nSPS) is 24.1. The fourth-order valence-electron chi connectivity index (χ4n) is 10.2. The van der Waals surface area contributed by atoms with Crippen LogP contribution in [0.5, 0.6) is 0 Å². The van der Waals surface area contributed by atoms with Gasteiger partial charge in [-0.25, -0.2) is 4.79 Å². The smallest absolute Gasteiger partial charge is 0.338 e. The van der Waals surface area contributed by atoms with Gasteiger partial charge in [0.1, 0.15) is 25.8 Å². The van der Waals surface area contributed by atoms with Crippen LogP contribution in [0.25, 0.3) is 0 Å². The van der Waals surface area contributed by atoms with Crippen LogP contribution in [-0.2, 0) is 48.9 Å². The predicted molar refractivity (Wildman–Crippen MR) is 250 cm³/mol. The van der Waals surface area contributed by atoms with Crippen molar-refractivity contribution < 1.29 is 47.1 Å². The van der Waals surface area contributed by atoms with Gasteiger partial charge in [-0.1, -0.05) is 140 Å². The minimum Gasteiger partial charge on any atom is -0.461 e. The lowest BCUT2D eigenvalue weighted by Gasteiger charge is -2.52. The summed E-state index contributed by atoms with van der Waals surface area (Å²) >= 11 is 0. The maximum atomic E-state index is 13.9. The Balaban J connectivity index is 1.60. The first-order valence-electron chi connectivity index (χ1n) is 23.1. The highest BCUT2D eigenvalue weighted by molar-refractivity contribution is 6.77. The summed E-state index contributed by atoms with van der Waals surface area (Å²) in [5.74, 6) is -0.292. The summed E-state index contributed by atoms with van der Waals surface area (Å²) in [5.41, 5.74) is 4.22. The predicted octanol–water partition coefficient (Wildman–Crippen LogP) is 11.3. The molecule has 0 unspecified atom stereocenters. The van der Waals surface area contributed by atoms with E-state index in [9.17, 15) is 4.79 Å². The van der Waals surface area contributed by atoms with Crippen LogP contribution in [-0.4, -0.2) is 86.8 Å². The number of methoxy groups -OCH3 is 2. The summed E-state index contributed by atoms with van der Waals surface area (Å²) in [5, 5.41) is 0. The molecule has 11 heteroatoms. The molecule has 3 aromatic rings. The van der Waals surface area contributed by atoms with Crippen LogP contribution in [0.1, 0.15) is 102 Å². The Bertz CT molecular complexity index is 1770. The molecule has 1 saturated heterocycles. The van der Waals surface area contributed by atoms with Crippen molar-refractivity contribution in [2.24, 2.45) is 23.2 Å². The average molecular weight is 889 g/mol. The number of carbonyl (C=O) groups is 1. The van der Waals surface area contributed by atoms with E-state index in [0.717, 1.165) is 36.0 Å². The van der Waals surface area contributed by atoms with Crippen molar-refractivity contribution >= 4 is 14.3 Å². The molecule has 1 aliphatic heterocycles. The Morgan fingerprint density at radius 3 is 1.98 bits per heavy atom. The lowest BCUT2D eigenvalue weighted by atomic mass is 9.60. The number of rotatable bonds is 25. The van der Waals surface area contributed by atoms with Gasteiger partial charge in [0, 0.05) is 37.7 Å². The summed E-state index contributed by atoms with van der Waals surface area (Å²) in [4.78, 5) is 13.9. The van der Waals surface area contributed by atoms with Gasteiger partial charge in [0.2, 0.25) is 0 Å². The second kappa shape index (κ2) is 24.9. The minimum atomic E-state index is -2.34. The van der Waals surface area contributed by atoms with E-state index < -0.39 is 38.3 Å². The van der Waals surface area contributed by atoms with Gasteiger partial charge in [-0.2, -0.15) is 0 Å². The van der Waals surface area contributed by atoms with E-state index in [-0.39, 0.29) is 43.9 Å². The van der Waals surface area contributed by atoms with Crippen molar-refractivity contribution in [3.8, 4) is 0 Å². The Kier molecular flexibility index (Phi) is 20.1. The highest BCUT2D eigenvalue weighted by Gasteiger charge is 2.54. The summed E-state index contributed by atoms with van der Waals surface area (Å²) in [6.45, 7) is 20.6. The molecule has 0 bridgehead atoms. The minimum absolute atomic E-state index is 0.0317. The van der Waals surface area contributed by atoms with Gasteiger partial charge in [0.15, 0.2) is 14.6 Å². The molecule has 5 rings (SSSR count). The lowest BCUT2D eigenvalue weighted by Crippen LogP contribution is -2.59. The van der Waals surface area contributed by atoms with Crippen LogP contribution in [0.15, 0.2) is 103 Å². The summed E-state index contributed by atoms with van der Waals surface area (Å²) in [6, 6.07) is 29.6. The molecule has 0 spiro atoms. The zero-order valence-corrected chi connectivity index (χ0v) is 40.7. The van der Waals surface area contributed by atoms with Crippen molar-refractivity contribution in [1.82, 2.24) is 0 Å². The van der Waals surface area contributed by atoms with E-state index in [4.69, 9.17) is 42.3 Å². The SMILES string of the molecule is COCOCC1=C[C@H]([C@@H]2O[C@H](c3ccccc3)O[C@H](CO[Si](C(C)C)(C(C)C)C(C)C)[C@H]2OCOC)[C@](COC(=O)c2ccccc2)(C[C@H](C)[C@@H](C)COCc2ccccc2)CC1. The third-order valence-electron chi connectivity index (χ3n) is 13.5. The molecule has 0 amide bonds. The molecule has 0 radical (unpaired) electrons. The quantitative estimate of drug-likeness (QED) is 0.0269. The molecule has 1 aliphatic carbocycles. The van der Waals surface area contributed by atoms with Crippen molar-refractivity contribution in [1.29, 1.82) is 0 Å². The average Bonchev–Trinajstić information content (AvgIpc) is 3.28. The van der Waals surface area contributed by atoms with Crippen molar-refractivity contribution in [3.05, 3.63) is 119 Å². The Labute approximate surface area is 379 Å². The van der Waals surface area contributed by atoms with Crippen LogP contribution in [0.3, 0.4) is 0 Å². The van der Waals surface area contributed by atoms with Crippen LogP contribution >= 0.6 is 0 Å². The van der Waals surface area contributed by atoms with Gasteiger partial charge in [0.25, 0.3) is 0 Å². The first kappa shape index (κ1) is 50.8. The Morgan fingerprint density at radius 1 is 0.746 bits per heavy atom. The number of hydrogen-bond acceptors (Lipinski definition) is 10. The van der Waals surface area contributed by atoms with Crippen LogP contribution in [0.4, 0.5) is 0 Å². The molecule has 2 aliphatic rings. The van der Waals surface area contributed by atoms with Crippen LogP contribution in [0.2, 0.25) is 16.6 Å². The third kappa shape index (κ3) is 13.4. The first-order chi connectivity index (χ1) is 30.3. The topological polar surface area (TPSA) is 100 Å². The fourth-order valence-corrected chi connectivity index (χ4v) is 15.6. The maximum Gasteiger partial charge on any atom is 0.338 e. The van der Waals surface area contributed by atoms with E-state index in [2.05, 4.69) is 73.6 Å². The monoisotopic (exact) mass is 889 g/mol. The number of benzene rings is 3. The van der Waals surface area contributed by atoms with E-state index in [1.54, 1.807) is 26.4 Å². The van der Waals surface area contributed by atoms with Gasteiger partial charge in [-0.15, -0.1) is 0 Å². The summed E-state index contributed by atoms with van der Waals surface area (Å²) in [7, 11) is 0.928. The highest BCUT2D eigenvalue weighted by Crippen LogP contribution is 2.52. The van der Waals surface area contributed by atoms with Gasteiger partial charge < -0.3 is 42.3 Å². The van der Waals surface area contributed by atoms with Gasteiger partial charge in [-0.05, 0) is 71.0 Å². The first-order valence-corrected chi connectivity index (χ1v) is 25.2. The number of carbonyl (C=O) groups excluding carboxylic acids is 1. The standard InChI is InChI=1S/C52H76O10Si/c1-37(2)63(38(3)4,39(5)6)60-33-47-49(59-36-55-10)48(62-51(61-47)45-24-18-13-19-25-45)46-28-43(32-57-35-54-9)26-27-52(46,34-58-50(53)44-22-16-12-17-23-44)29-40(7)41(8)30-56-31-42-20-14-11-15-21-42/h11-25,28,37-41,46-49,51H,26-27,29-36H2,1-10H3/t40-,41-,46+,47+,48-,49+,51+,52-/m0/s1. The van der Waals surface area contributed by atoms with Crippen LogP contribution in [0, 0.1) is 23.2 Å². The molecule has 0 saturated carbocycles. The van der Waals surface area contributed by atoms with Gasteiger partial charge in [-0.3, -0.25) is 0 Å². The maximum absolute atomic E-state index is 13.9. The Hall–Kier alpha value is -3.23. The lowest BCUT2D eigenvalue weighted by molar-refractivity contribution is -0.323. The molecule has 348 valence electrons. The summed E-state index contributed by atoms with van der Waals surface area (Å²) < 4.78 is 58.1. The third-order valence-corrected chi connectivity index (χ3v) is 19.6. The molecular formula is C52H76O10Si. The van der Waals surface area contributed by atoms with Crippen molar-refractivity contribution in [2.75, 3.05) is 54.2 Å². The number of ether oxygens (including phenoxy) is 8. The van der Waals surface area contributed by atoms with Crippen LogP contribution < -0.4 is 0 Å². The van der Waals surface area contributed by atoms with Crippen molar-refractivity contribution in [3.63, 3.8) is 0 Å². The van der Waals surface area contributed by atoms with Gasteiger partial charge >= 0.3 is 5.97 Å². The molecule has 63 heavy (non-hydrogen) atoms. The van der Waals surface area contributed by atoms with Gasteiger partial charge in [0.05, 0.1) is 38.1 Å². The molecule has 10 nitrogen and oxygen atoms in total. The number of hydrogen-bond donors (Lipinski definition) is 0. The van der Waals surface area contributed by atoms with Crippen molar-refractivity contribution in [2.45, 2.75) is 122 Å². The summed E-state index contributed by atoms with van der Waals surface area (Å²) in [6.07, 6.45) is 2.13. The molecule has 1 heterocycles. The highest BCUT2D eigenvalue weighted by atomic mass is 28.4. The number of esters is 1. The van der Waals surface area contributed by atoms with E-state index in [0.29, 0.717) is 48.6 Å². The zero-order valence-electron chi connectivity index (χ0n) is 39.7. The second-order valence-corrected chi connectivity index (χ2v) is 24.2. The molecule has 8 atom stereocenters. The zero-order chi connectivity index (χ0) is 45.4. The Morgan fingerprint density at radius 2 is 1.37 bits per heavy atom. The molecule has 1 fully saturated rings. The van der Waals surface area contributed by atoms with E-state index in [1.165, 1.54) is 0 Å². The molecular weight excluding hydrogens is 813 g/mol. The van der Waals surface area contributed by atoms with E-state index in [1.807, 2.05) is 66.7 Å². The largest absolute Gasteiger partial charge is 0.461 e. The molecule has 0 N–H and O–H groups in total. The fraction of sp³-hybridized carbons (Fsp3) is 0.596. The molecule has 0 aromatic heterocycles. The molecule has 3 aromatic carbocycles.